The molecule has 168 valence electrons. The standard InChI is InChI=1S/C20H13F6N3O3/c21-19(22,23)18(31,20(24,25)26)13-5-3-12(4-6-13)17(30)29-14-7-8-16(28-10-14)32-15-2-1-9-27-11-15/h1-11,31H,(H,29,30). The zero-order chi connectivity index (χ0) is 23.6. The van der Waals surface area contributed by atoms with E-state index in [1.165, 1.54) is 24.5 Å². The molecule has 32 heavy (non-hydrogen) atoms. The van der Waals surface area contributed by atoms with Crippen molar-refractivity contribution in [3.05, 3.63) is 78.2 Å². The van der Waals surface area contributed by atoms with E-state index in [1.54, 1.807) is 18.3 Å². The van der Waals surface area contributed by atoms with Crippen LogP contribution >= 0.6 is 0 Å². The molecule has 0 unspecified atom stereocenters. The molecule has 0 aliphatic rings. The molecule has 0 radical (unpaired) electrons. The Morgan fingerprint density at radius 3 is 2.06 bits per heavy atom. The molecule has 0 fully saturated rings. The van der Waals surface area contributed by atoms with Crippen molar-refractivity contribution in [1.29, 1.82) is 0 Å². The van der Waals surface area contributed by atoms with Crippen molar-refractivity contribution in [2.75, 3.05) is 5.32 Å². The van der Waals surface area contributed by atoms with Gasteiger partial charge in [-0.2, -0.15) is 26.3 Å². The molecule has 0 atom stereocenters. The van der Waals surface area contributed by atoms with E-state index in [0.717, 1.165) is 12.1 Å². The van der Waals surface area contributed by atoms with Gasteiger partial charge in [-0.3, -0.25) is 9.78 Å². The number of alkyl halides is 6. The first kappa shape index (κ1) is 23.0. The largest absolute Gasteiger partial charge is 0.437 e. The number of pyridine rings is 2. The number of rotatable bonds is 5. The maximum atomic E-state index is 12.9. The average Bonchev–Trinajstić information content (AvgIpc) is 2.74. The van der Waals surface area contributed by atoms with Crippen molar-refractivity contribution in [3.63, 3.8) is 0 Å². The maximum absolute atomic E-state index is 12.9. The van der Waals surface area contributed by atoms with Crippen LogP contribution in [-0.2, 0) is 5.60 Å². The second-order valence-electron chi connectivity index (χ2n) is 6.41. The summed E-state index contributed by atoms with van der Waals surface area (Å²) in [6.45, 7) is 0. The van der Waals surface area contributed by atoms with Gasteiger partial charge in [0.1, 0.15) is 5.75 Å². The highest BCUT2D eigenvalue weighted by molar-refractivity contribution is 6.04. The van der Waals surface area contributed by atoms with Gasteiger partial charge in [0.05, 0.1) is 18.1 Å². The fourth-order valence-electron chi connectivity index (χ4n) is 2.60. The van der Waals surface area contributed by atoms with Gasteiger partial charge in [0.2, 0.25) is 5.88 Å². The number of aliphatic hydroxyl groups is 1. The smallest absolute Gasteiger partial charge is 0.430 e. The first-order valence-electron chi connectivity index (χ1n) is 8.73. The Kier molecular flexibility index (Phi) is 6.08. The summed E-state index contributed by atoms with van der Waals surface area (Å²) < 4.78 is 83.0. The van der Waals surface area contributed by atoms with Crippen LogP contribution in [0.1, 0.15) is 15.9 Å². The molecule has 2 N–H and O–H groups in total. The van der Waals surface area contributed by atoms with Crippen LogP contribution in [0.5, 0.6) is 11.6 Å². The second kappa shape index (κ2) is 8.46. The number of amides is 1. The molecule has 1 aromatic carbocycles. The zero-order valence-corrected chi connectivity index (χ0v) is 15.8. The number of hydrogen-bond acceptors (Lipinski definition) is 5. The summed E-state index contributed by atoms with van der Waals surface area (Å²) in [7, 11) is 0. The molecule has 12 heteroatoms. The Labute approximate surface area is 176 Å². The van der Waals surface area contributed by atoms with Crippen LogP contribution in [0, 0.1) is 0 Å². The number of nitrogens with zero attached hydrogens (tertiary/aromatic N) is 2. The van der Waals surface area contributed by atoms with Crippen molar-refractivity contribution in [2.45, 2.75) is 18.0 Å². The number of benzene rings is 1. The molecule has 0 spiro atoms. The van der Waals surface area contributed by atoms with Gasteiger partial charge in [-0.05, 0) is 30.3 Å². The van der Waals surface area contributed by atoms with Gasteiger partial charge in [-0.1, -0.05) is 12.1 Å². The summed E-state index contributed by atoms with van der Waals surface area (Å²) in [5.41, 5.74) is -6.58. The van der Waals surface area contributed by atoms with E-state index in [2.05, 4.69) is 15.3 Å². The van der Waals surface area contributed by atoms with Gasteiger partial charge < -0.3 is 15.2 Å². The van der Waals surface area contributed by atoms with Gasteiger partial charge in [0.15, 0.2) is 0 Å². The fourth-order valence-corrected chi connectivity index (χ4v) is 2.60. The highest BCUT2D eigenvalue weighted by atomic mass is 19.4. The molecular weight excluding hydrogens is 444 g/mol. The SMILES string of the molecule is O=C(Nc1ccc(Oc2cccnc2)nc1)c1ccc(C(O)(C(F)(F)F)C(F)(F)F)cc1. The van der Waals surface area contributed by atoms with Gasteiger partial charge in [-0.25, -0.2) is 4.98 Å². The van der Waals surface area contributed by atoms with Gasteiger partial charge in [0, 0.05) is 23.4 Å². The lowest BCUT2D eigenvalue weighted by molar-refractivity contribution is -0.376. The monoisotopic (exact) mass is 457 g/mol. The zero-order valence-electron chi connectivity index (χ0n) is 15.8. The summed E-state index contributed by atoms with van der Waals surface area (Å²) in [6, 6.07) is 8.40. The molecule has 0 bridgehead atoms. The average molecular weight is 457 g/mol. The third-order valence-corrected chi connectivity index (χ3v) is 4.24. The molecule has 2 heterocycles. The fraction of sp³-hybridized carbons (Fsp3) is 0.150. The molecule has 0 saturated heterocycles. The predicted octanol–water partition coefficient (Wildman–Crippen LogP) is 4.83. The Balaban J connectivity index is 1.72. The third kappa shape index (κ3) is 4.64. The van der Waals surface area contributed by atoms with Crippen molar-refractivity contribution in [3.8, 4) is 11.6 Å². The molecule has 3 rings (SSSR count). The molecule has 0 aliphatic heterocycles. The van der Waals surface area contributed by atoms with Gasteiger partial charge in [0.25, 0.3) is 11.5 Å². The van der Waals surface area contributed by atoms with Gasteiger partial charge in [-0.15, -0.1) is 0 Å². The van der Waals surface area contributed by atoms with E-state index in [0.29, 0.717) is 17.9 Å². The lowest BCUT2D eigenvalue weighted by Crippen LogP contribution is -2.53. The number of anilines is 1. The van der Waals surface area contributed by atoms with E-state index >= 15 is 0 Å². The topological polar surface area (TPSA) is 84.3 Å². The molecule has 3 aromatic rings. The molecule has 1 amide bonds. The van der Waals surface area contributed by atoms with Crippen LogP contribution in [-0.4, -0.2) is 33.3 Å². The Morgan fingerprint density at radius 1 is 0.906 bits per heavy atom. The molecular formula is C20H13F6N3O3. The Morgan fingerprint density at radius 2 is 1.56 bits per heavy atom. The summed E-state index contributed by atoms with van der Waals surface area (Å²) in [4.78, 5) is 20.1. The van der Waals surface area contributed by atoms with E-state index in [4.69, 9.17) is 4.74 Å². The van der Waals surface area contributed by atoms with Crippen LogP contribution in [0.3, 0.4) is 0 Å². The van der Waals surface area contributed by atoms with Crippen molar-refractivity contribution in [2.24, 2.45) is 0 Å². The van der Waals surface area contributed by atoms with Gasteiger partial charge >= 0.3 is 12.4 Å². The third-order valence-electron chi connectivity index (χ3n) is 4.24. The molecule has 0 aliphatic carbocycles. The second-order valence-corrected chi connectivity index (χ2v) is 6.41. The van der Waals surface area contributed by atoms with E-state index in [1.807, 2.05) is 0 Å². The molecule has 2 aromatic heterocycles. The predicted molar refractivity (Wildman–Crippen MR) is 99.0 cm³/mol. The minimum Gasteiger partial charge on any atom is -0.437 e. The van der Waals surface area contributed by atoms with Crippen LogP contribution in [0.2, 0.25) is 0 Å². The van der Waals surface area contributed by atoms with Crippen LogP contribution < -0.4 is 10.1 Å². The van der Waals surface area contributed by atoms with Crippen LogP contribution in [0.25, 0.3) is 0 Å². The van der Waals surface area contributed by atoms with Crippen molar-refractivity contribution in [1.82, 2.24) is 9.97 Å². The minimum absolute atomic E-state index is 0.193. The van der Waals surface area contributed by atoms with Crippen LogP contribution in [0.4, 0.5) is 32.0 Å². The summed E-state index contributed by atoms with van der Waals surface area (Å²) in [6.07, 6.45) is -7.78. The Bertz CT molecular complexity index is 1050. The summed E-state index contributed by atoms with van der Waals surface area (Å²) in [5, 5.41) is 11.8. The van der Waals surface area contributed by atoms with Crippen molar-refractivity contribution >= 4 is 11.6 Å². The maximum Gasteiger partial charge on any atom is 0.430 e. The quantitative estimate of drug-likeness (QED) is 0.536. The first-order valence-corrected chi connectivity index (χ1v) is 8.73. The summed E-state index contributed by atoms with van der Waals surface area (Å²) >= 11 is 0. The van der Waals surface area contributed by atoms with Crippen LogP contribution in [0.15, 0.2) is 67.1 Å². The molecule has 0 saturated carbocycles. The highest BCUT2D eigenvalue weighted by Crippen LogP contribution is 2.49. The minimum atomic E-state index is -6.01. The molecule has 6 nitrogen and oxygen atoms in total. The Hall–Kier alpha value is -3.67. The number of halogens is 6. The van der Waals surface area contributed by atoms with E-state index in [-0.39, 0.29) is 17.1 Å². The number of nitrogens with one attached hydrogen (secondary N) is 1. The lowest BCUT2D eigenvalue weighted by Gasteiger charge is -2.32. The number of carbonyl (C=O) groups excluding carboxylic acids is 1. The lowest BCUT2D eigenvalue weighted by atomic mass is 9.91. The van der Waals surface area contributed by atoms with E-state index < -0.39 is 29.4 Å². The summed E-state index contributed by atoms with van der Waals surface area (Å²) in [5.74, 6) is -0.199. The first-order chi connectivity index (χ1) is 14.9. The van der Waals surface area contributed by atoms with Crippen molar-refractivity contribution < 1.29 is 41.0 Å². The van der Waals surface area contributed by atoms with E-state index in [9.17, 15) is 36.2 Å². The number of carbonyl (C=O) groups is 1. The number of ether oxygens (including phenoxy) is 1. The normalized spacial score (nSPS) is 12.3. The highest BCUT2D eigenvalue weighted by Gasteiger charge is 2.71. The number of aromatic nitrogens is 2. The number of hydrogen-bond donors (Lipinski definition) is 2.